The number of methoxy groups -OCH3 is 1. The lowest BCUT2D eigenvalue weighted by Gasteiger charge is -2.30. The van der Waals surface area contributed by atoms with Gasteiger partial charge in [-0.25, -0.2) is 0 Å². The van der Waals surface area contributed by atoms with Crippen molar-refractivity contribution in [2.45, 2.75) is 18.9 Å². The average Bonchev–Trinajstić information content (AvgIpc) is 2.68. The van der Waals surface area contributed by atoms with E-state index < -0.39 is 0 Å². The summed E-state index contributed by atoms with van der Waals surface area (Å²) in [6.07, 6.45) is 1.60. The van der Waals surface area contributed by atoms with Gasteiger partial charge in [0.25, 0.3) is 11.8 Å². The number of hydrogen-bond acceptors (Lipinski definition) is 4. The molecular weight excluding hydrogens is 330 g/mol. The molecule has 0 atom stereocenters. The molecule has 1 aliphatic rings. The molecule has 1 heterocycles. The summed E-state index contributed by atoms with van der Waals surface area (Å²) >= 11 is 0. The summed E-state index contributed by atoms with van der Waals surface area (Å²) in [4.78, 5) is 27.2. The van der Waals surface area contributed by atoms with E-state index in [4.69, 9.17) is 10.5 Å². The van der Waals surface area contributed by atoms with Crippen LogP contribution >= 0.6 is 0 Å². The minimum Gasteiger partial charge on any atom is -0.497 e. The van der Waals surface area contributed by atoms with Crippen molar-refractivity contribution in [3.05, 3.63) is 59.7 Å². The van der Waals surface area contributed by atoms with Gasteiger partial charge < -0.3 is 20.7 Å². The zero-order valence-corrected chi connectivity index (χ0v) is 14.8. The number of benzene rings is 2. The van der Waals surface area contributed by atoms with Gasteiger partial charge in [-0.15, -0.1) is 0 Å². The van der Waals surface area contributed by atoms with E-state index in [0.29, 0.717) is 35.7 Å². The number of para-hydroxylation sites is 1. The number of anilines is 1. The van der Waals surface area contributed by atoms with Crippen LogP contribution in [0.5, 0.6) is 5.75 Å². The zero-order chi connectivity index (χ0) is 18.5. The molecule has 2 aromatic carbocycles. The van der Waals surface area contributed by atoms with Crippen LogP contribution in [0.15, 0.2) is 48.5 Å². The van der Waals surface area contributed by atoms with E-state index in [0.717, 1.165) is 12.8 Å². The van der Waals surface area contributed by atoms with Gasteiger partial charge in [0.1, 0.15) is 5.75 Å². The van der Waals surface area contributed by atoms with Crippen molar-refractivity contribution >= 4 is 17.5 Å². The number of nitrogens with two attached hydrogens (primary N) is 1. The van der Waals surface area contributed by atoms with Crippen LogP contribution in [0.1, 0.15) is 33.6 Å². The Balaban J connectivity index is 1.76. The predicted molar refractivity (Wildman–Crippen MR) is 101 cm³/mol. The Kier molecular flexibility index (Phi) is 5.53. The highest BCUT2D eigenvalue weighted by Gasteiger charge is 2.23. The molecule has 1 aliphatic heterocycles. The molecule has 1 fully saturated rings. The number of piperidine rings is 1. The van der Waals surface area contributed by atoms with E-state index in [1.165, 1.54) is 0 Å². The first-order valence-electron chi connectivity index (χ1n) is 8.68. The van der Waals surface area contributed by atoms with Gasteiger partial charge in [-0.1, -0.05) is 12.1 Å². The van der Waals surface area contributed by atoms with Crippen LogP contribution in [0.25, 0.3) is 0 Å². The van der Waals surface area contributed by atoms with E-state index in [-0.39, 0.29) is 17.9 Å². The summed E-state index contributed by atoms with van der Waals surface area (Å²) in [5.41, 5.74) is 7.41. The van der Waals surface area contributed by atoms with Crippen LogP contribution in [0.4, 0.5) is 5.69 Å². The molecule has 3 N–H and O–H groups in total. The Hall–Kier alpha value is -2.86. The number of carbonyl (C=O) groups is 2. The summed E-state index contributed by atoms with van der Waals surface area (Å²) in [7, 11) is 1.57. The molecule has 6 nitrogen and oxygen atoms in total. The topological polar surface area (TPSA) is 84.7 Å². The second kappa shape index (κ2) is 8.01. The molecule has 0 unspecified atom stereocenters. The van der Waals surface area contributed by atoms with Crippen LogP contribution < -0.4 is 15.8 Å². The SMILES string of the molecule is COc1ccc(C(=O)Nc2ccccc2C(=O)N2CCC(N)CC2)cc1. The first-order valence-corrected chi connectivity index (χ1v) is 8.68. The van der Waals surface area contributed by atoms with Gasteiger partial charge in [-0.2, -0.15) is 0 Å². The maximum atomic E-state index is 12.8. The van der Waals surface area contributed by atoms with Gasteiger partial charge in [-0.3, -0.25) is 9.59 Å². The predicted octanol–water partition coefficient (Wildman–Crippen LogP) is 2.51. The van der Waals surface area contributed by atoms with E-state index in [1.54, 1.807) is 60.5 Å². The monoisotopic (exact) mass is 353 g/mol. The Labute approximate surface area is 152 Å². The highest BCUT2D eigenvalue weighted by atomic mass is 16.5. The van der Waals surface area contributed by atoms with E-state index in [9.17, 15) is 9.59 Å². The summed E-state index contributed by atoms with van der Waals surface area (Å²) in [6.45, 7) is 1.28. The average molecular weight is 353 g/mol. The van der Waals surface area contributed by atoms with Crippen molar-refractivity contribution < 1.29 is 14.3 Å². The van der Waals surface area contributed by atoms with Gasteiger partial charge >= 0.3 is 0 Å². The normalized spacial score (nSPS) is 14.8. The second-order valence-corrected chi connectivity index (χ2v) is 6.36. The third kappa shape index (κ3) is 4.03. The smallest absolute Gasteiger partial charge is 0.255 e. The molecule has 26 heavy (non-hydrogen) atoms. The van der Waals surface area contributed by atoms with Gasteiger partial charge in [0, 0.05) is 24.7 Å². The fourth-order valence-electron chi connectivity index (χ4n) is 2.99. The van der Waals surface area contributed by atoms with Crippen molar-refractivity contribution in [2.75, 3.05) is 25.5 Å². The van der Waals surface area contributed by atoms with Crippen molar-refractivity contribution in [2.24, 2.45) is 5.73 Å². The van der Waals surface area contributed by atoms with Crippen LogP contribution in [0.3, 0.4) is 0 Å². The summed E-state index contributed by atoms with van der Waals surface area (Å²) in [5, 5.41) is 2.84. The molecule has 0 bridgehead atoms. The third-order valence-corrected chi connectivity index (χ3v) is 4.58. The van der Waals surface area contributed by atoms with Crippen molar-refractivity contribution in [3.8, 4) is 5.75 Å². The molecule has 0 aromatic heterocycles. The highest BCUT2D eigenvalue weighted by Crippen LogP contribution is 2.21. The lowest BCUT2D eigenvalue weighted by atomic mass is 10.0. The zero-order valence-electron chi connectivity index (χ0n) is 14.8. The van der Waals surface area contributed by atoms with Gasteiger partial charge in [0.05, 0.1) is 18.4 Å². The van der Waals surface area contributed by atoms with E-state index in [2.05, 4.69) is 5.32 Å². The molecule has 3 rings (SSSR count). The Morgan fingerprint density at radius 2 is 1.73 bits per heavy atom. The lowest BCUT2D eigenvalue weighted by molar-refractivity contribution is 0.0716. The molecule has 0 saturated carbocycles. The summed E-state index contributed by atoms with van der Waals surface area (Å²) < 4.78 is 5.10. The number of likely N-dealkylation sites (tertiary alicyclic amines) is 1. The molecule has 0 spiro atoms. The number of carbonyl (C=O) groups excluding carboxylic acids is 2. The van der Waals surface area contributed by atoms with Gasteiger partial charge in [0.2, 0.25) is 0 Å². The standard InChI is InChI=1S/C20H23N3O3/c1-26-16-8-6-14(7-9-16)19(24)22-18-5-3-2-4-17(18)20(25)23-12-10-15(21)11-13-23/h2-9,15H,10-13,21H2,1H3,(H,22,24). The Bertz CT molecular complexity index is 781. The first kappa shape index (κ1) is 17.9. The minimum absolute atomic E-state index is 0.0810. The maximum Gasteiger partial charge on any atom is 0.255 e. The summed E-state index contributed by atoms with van der Waals surface area (Å²) in [5.74, 6) is 0.330. The minimum atomic E-state index is -0.270. The van der Waals surface area contributed by atoms with Crippen molar-refractivity contribution in [1.82, 2.24) is 4.90 Å². The second-order valence-electron chi connectivity index (χ2n) is 6.36. The number of hydrogen-bond donors (Lipinski definition) is 2. The van der Waals surface area contributed by atoms with Crippen LogP contribution in [0.2, 0.25) is 0 Å². The number of rotatable bonds is 4. The quantitative estimate of drug-likeness (QED) is 0.884. The fourth-order valence-corrected chi connectivity index (χ4v) is 2.99. The van der Waals surface area contributed by atoms with E-state index >= 15 is 0 Å². The third-order valence-electron chi connectivity index (χ3n) is 4.58. The fraction of sp³-hybridized carbons (Fsp3) is 0.300. The molecule has 1 saturated heterocycles. The lowest BCUT2D eigenvalue weighted by Crippen LogP contribution is -2.43. The van der Waals surface area contributed by atoms with Crippen molar-refractivity contribution in [3.63, 3.8) is 0 Å². The largest absolute Gasteiger partial charge is 0.497 e. The molecular formula is C20H23N3O3. The number of ether oxygens (including phenoxy) is 1. The van der Waals surface area contributed by atoms with Gasteiger partial charge in [-0.05, 0) is 49.2 Å². The number of nitrogens with zero attached hydrogens (tertiary/aromatic N) is 1. The molecule has 0 aliphatic carbocycles. The number of nitrogens with one attached hydrogen (secondary N) is 1. The molecule has 136 valence electrons. The Morgan fingerprint density at radius 1 is 1.08 bits per heavy atom. The summed E-state index contributed by atoms with van der Waals surface area (Å²) in [6, 6.07) is 14.0. The van der Waals surface area contributed by atoms with Crippen LogP contribution in [-0.4, -0.2) is 43.0 Å². The molecule has 2 amide bonds. The van der Waals surface area contributed by atoms with Crippen molar-refractivity contribution in [1.29, 1.82) is 0 Å². The van der Waals surface area contributed by atoms with E-state index in [1.807, 2.05) is 0 Å². The van der Waals surface area contributed by atoms with Gasteiger partial charge in [0.15, 0.2) is 0 Å². The Morgan fingerprint density at radius 3 is 2.38 bits per heavy atom. The maximum absolute atomic E-state index is 12.8. The first-order chi connectivity index (χ1) is 12.6. The van der Waals surface area contributed by atoms with Crippen LogP contribution in [-0.2, 0) is 0 Å². The van der Waals surface area contributed by atoms with Crippen LogP contribution in [0, 0.1) is 0 Å². The highest BCUT2D eigenvalue weighted by molar-refractivity contribution is 6.09. The molecule has 6 heteroatoms. The molecule has 0 radical (unpaired) electrons. The molecule has 2 aromatic rings. The number of amides is 2.